The molecule has 0 fully saturated rings. The molecule has 158 valence electrons. The van der Waals surface area contributed by atoms with Crippen LogP contribution in [0.5, 0.6) is 0 Å². The molecule has 1 aliphatic heterocycles. The highest BCUT2D eigenvalue weighted by Gasteiger charge is 2.41. The highest BCUT2D eigenvalue weighted by Crippen LogP contribution is 2.38. The number of sulfone groups is 1. The lowest BCUT2D eigenvalue weighted by atomic mass is 9.80. The molecule has 1 aliphatic rings. The average molecular weight is 436 g/mol. The fourth-order valence-electron chi connectivity index (χ4n) is 3.56. The first-order chi connectivity index (χ1) is 14.7. The van der Waals surface area contributed by atoms with E-state index in [1.807, 2.05) is 0 Å². The number of nitrogens with one attached hydrogen (secondary N) is 1. The summed E-state index contributed by atoms with van der Waals surface area (Å²) in [5.74, 6) is -0.142. The predicted molar refractivity (Wildman–Crippen MR) is 117 cm³/mol. The van der Waals surface area contributed by atoms with Crippen molar-refractivity contribution >= 4 is 33.0 Å². The molecule has 0 saturated heterocycles. The lowest BCUT2D eigenvalue weighted by molar-refractivity contribution is 0.0837. The van der Waals surface area contributed by atoms with Gasteiger partial charge in [-0.3, -0.25) is 14.7 Å². The molecule has 1 aromatic heterocycles. The summed E-state index contributed by atoms with van der Waals surface area (Å²) in [6.45, 7) is 3.63. The maximum atomic E-state index is 13.1. The molecule has 0 aliphatic carbocycles. The van der Waals surface area contributed by atoms with Crippen molar-refractivity contribution in [1.29, 1.82) is 0 Å². The Kier molecular flexibility index (Phi) is 5.10. The number of aromatic nitrogens is 1. The van der Waals surface area contributed by atoms with Gasteiger partial charge in [-0.2, -0.15) is 0 Å². The summed E-state index contributed by atoms with van der Waals surface area (Å²) >= 11 is 0. The Hall–Kier alpha value is -3.52. The number of rotatable bonds is 3. The van der Waals surface area contributed by atoms with Crippen LogP contribution in [0.3, 0.4) is 0 Å². The number of benzene rings is 2. The van der Waals surface area contributed by atoms with Crippen LogP contribution in [0.2, 0.25) is 0 Å². The number of anilines is 2. The number of hydrogen-bond acceptors (Lipinski definition) is 5. The predicted octanol–water partition coefficient (Wildman–Crippen LogP) is 4.18. The van der Waals surface area contributed by atoms with Crippen LogP contribution in [0.15, 0.2) is 82.8 Å². The minimum atomic E-state index is -3.81. The maximum absolute atomic E-state index is 13.1. The molecular formula is C23H21N3O4S. The fraction of sp³-hybridized carbons (Fsp3) is 0.174. The molecule has 0 radical (unpaired) electrons. The van der Waals surface area contributed by atoms with Gasteiger partial charge in [0, 0.05) is 23.7 Å². The van der Waals surface area contributed by atoms with Gasteiger partial charge in [0.25, 0.3) is 0 Å². The Morgan fingerprint density at radius 1 is 1.03 bits per heavy atom. The first kappa shape index (κ1) is 20.7. The molecule has 8 heteroatoms. The van der Waals surface area contributed by atoms with E-state index in [1.54, 1.807) is 50.4 Å². The number of Topliss-reactive ketones (excluding diaryl/α,β-unsaturated/α-hetero) is 1. The Balaban J connectivity index is 1.79. The normalized spacial score (nSPS) is 15.3. The summed E-state index contributed by atoms with van der Waals surface area (Å²) in [5, 5.41) is 2.76. The van der Waals surface area contributed by atoms with Crippen molar-refractivity contribution in [2.75, 3.05) is 16.8 Å². The number of hydrogen-bond donors (Lipinski definition) is 1. The zero-order chi connectivity index (χ0) is 22.2. The molecule has 1 N–H and O–H groups in total. The summed E-state index contributed by atoms with van der Waals surface area (Å²) < 4.78 is 26.2. The van der Waals surface area contributed by atoms with Crippen molar-refractivity contribution in [2.24, 2.45) is 5.41 Å². The van der Waals surface area contributed by atoms with E-state index in [0.29, 0.717) is 11.3 Å². The Morgan fingerprint density at radius 3 is 2.45 bits per heavy atom. The van der Waals surface area contributed by atoms with Crippen molar-refractivity contribution in [1.82, 2.24) is 4.98 Å². The van der Waals surface area contributed by atoms with Gasteiger partial charge < -0.3 is 5.32 Å². The minimum absolute atomic E-state index is 0.0177. The van der Waals surface area contributed by atoms with Crippen LogP contribution in [0, 0.1) is 5.41 Å². The lowest BCUT2D eigenvalue weighted by Gasteiger charge is -2.38. The molecule has 31 heavy (non-hydrogen) atoms. The van der Waals surface area contributed by atoms with E-state index < -0.39 is 21.3 Å². The van der Waals surface area contributed by atoms with Crippen LogP contribution in [-0.4, -0.2) is 31.8 Å². The van der Waals surface area contributed by atoms with E-state index in [-0.39, 0.29) is 27.8 Å². The molecule has 0 bridgehead atoms. The number of amides is 2. The molecule has 0 saturated carbocycles. The number of carbonyl (C=O) groups is 2. The van der Waals surface area contributed by atoms with Crippen LogP contribution in [0.25, 0.3) is 0 Å². The number of carbonyl (C=O) groups excluding carboxylic acids is 2. The molecule has 2 amide bonds. The first-order valence-electron chi connectivity index (χ1n) is 9.68. The molecule has 3 aromatic rings. The van der Waals surface area contributed by atoms with Crippen molar-refractivity contribution in [2.45, 2.75) is 23.6 Å². The minimum Gasteiger partial charge on any atom is -0.306 e. The van der Waals surface area contributed by atoms with Crippen molar-refractivity contribution in [3.05, 3.63) is 78.6 Å². The van der Waals surface area contributed by atoms with Gasteiger partial charge in [0.15, 0.2) is 5.78 Å². The standard InChI is InChI=1S/C23H21N3O4S/c1-23(2)15-26(22(28)25-16-7-6-12-24-14-16)20-13-18(10-11-19(20)21(23)27)31(29,30)17-8-4-3-5-9-17/h3-14H,15H2,1-2H3,(H,25,28). The van der Waals surface area contributed by atoms with Crippen LogP contribution < -0.4 is 10.2 Å². The molecule has 2 aromatic carbocycles. The topological polar surface area (TPSA) is 96.4 Å². The second kappa shape index (κ2) is 7.63. The molecule has 4 rings (SSSR count). The van der Waals surface area contributed by atoms with Crippen molar-refractivity contribution in [3.63, 3.8) is 0 Å². The average Bonchev–Trinajstić information content (AvgIpc) is 2.77. The second-order valence-electron chi connectivity index (χ2n) is 7.97. The van der Waals surface area contributed by atoms with Gasteiger partial charge in [0.2, 0.25) is 9.84 Å². The molecule has 7 nitrogen and oxygen atoms in total. The monoisotopic (exact) mass is 435 g/mol. The van der Waals surface area contributed by atoms with Crippen LogP contribution in [0.4, 0.5) is 16.2 Å². The fourth-order valence-corrected chi connectivity index (χ4v) is 4.86. The second-order valence-corrected chi connectivity index (χ2v) is 9.92. The summed E-state index contributed by atoms with van der Waals surface area (Å²) in [6, 6.07) is 15.3. The van der Waals surface area contributed by atoms with E-state index in [0.717, 1.165) is 0 Å². The highest BCUT2D eigenvalue weighted by atomic mass is 32.2. The Bertz CT molecular complexity index is 1260. The van der Waals surface area contributed by atoms with Gasteiger partial charge >= 0.3 is 6.03 Å². The smallest absolute Gasteiger partial charge is 0.306 e. The molecule has 0 unspecified atom stereocenters. The summed E-state index contributed by atoms with van der Waals surface area (Å²) in [7, 11) is -3.81. The third-order valence-corrected chi connectivity index (χ3v) is 6.96. The Morgan fingerprint density at radius 2 is 1.77 bits per heavy atom. The van der Waals surface area contributed by atoms with Gasteiger partial charge in [0.1, 0.15) is 0 Å². The lowest BCUT2D eigenvalue weighted by Crippen LogP contribution is -2.49. The maximum Gasteiger partial charge on any atom is 0.326 e. The quantitative estimate of drug-likeness (QED) is 0.666. The van der Waals surface area contributed by atoms with E-state index in [2.05, 4.69) is 10.3 Å². The summed E-state index contributed by atoms with van der Waals surface area (Å²) in [5.41, 5.74) is 0.253. The van der Waals surface area contributed by atoms with E-state index >= 15 is 0 Å². The third-order valence-electron chi connectivity index (χ3n) is 5.19. The molecule has 0 spiro atoms. The van der Waals surface area contributed by atoms with E-state index in [9.17, 15) is 18.0 Å². The van der Waals surface area contributed by atoms with Crippen molar-refractivity contribution in [3.8, 4) is 0 Å². The largest absolute Gasteiger partial charge is 0.326 e. The van der Waals surface area contributed by atoms with Crippen LogP contribution in [0.1, 0.15) is 24.2 Å². The van der Waals surface area contributed by atoms with Gasteiger partial charge in [-0.05, 0) is 42.5 Å². The number of nitrogens with zero attached hydrogens (tertiary/aromatic N) is 2. The molecule has 2 heterocycles. The number of pyridine rings is 1. The van der Waals surface area contributed by atoms with E-state index in [4.69, 9.17) is 0 Å². The van der Waals surface area contributed by atoms with E-state index in [1.165, 1.54) is 41.4 Å². The Labute approximate surface area is 180 Å². The zero-order valence-electron chi connectivity index (χ0n) is 17.1. The van der Waals surface area contributed by atoms with Crippen LogP contribution in [-0.2, 0) is 9.84 Å². The number of urea groups is 1. The van der Waals surface area contributed by atoms with Crippen LogP contribution >= 0.6 is 0 Å². The SMILES string of the molecule is CC1(C)CN(C(=O)Nc2cccnc2)c2cc(S(=O)(=O)c3ccccc3)ccc2C1=O. The van der Waals surface area contributed by atoms with Gasteiger partial charge in [-0.15, -0.1) is 0 Å². The number of ketones is 1. The molecule has 0 atom stereocenters. The molecular weight excluding hydrogens is 414 g/mol. The third kappa shape index (κ3) is 3.82. The van der Waals surface area contributed by atoms with Crippen molar-refractivity contribution < 1.29 is 18.0 Å². The van der Waals surface area contributed by atoms with Gasteiger partial charge in [0.05, 0.1) is 27.4 Å². The first-order valence-corrected chi connectivity index (χ1v) is 11.2. The highest BCUT2D eigenvalue weighted by molar-refractivity contribution is 7.91. The zero-order valence-corrected chi connectivity index (χ0v) is 17.9. The van der Waals surface area contributed by atoms with Gasteiger partial charge in [-0.1, -0.05) is 32.0 Å². The number of fused-ring (bicyclic) bond motifs is 1. The summed E-state index contributed by atoms with van der Waals surface area (Å²) in [4.78, 5) is 31.6. The van der Waals surface area contributed by atoms with Gasteiger partial charge in [-0.25, -0.2) is 13.2 Å². The summed E-state index contributed by atoms with van der Waals surface area (Å²) in [6.07, 6.45) is 3.10.